The SMILES string of the molecule is COc1cc(F)c(OC[C@H]2C[C@H](C)C2)cc1C(=O)N[C@@H]1[C@@H]2CC[C@@H](C2)[C@@H]1C=O. The van der Waals surface area contributed by atoms with E-state index in [2.05, 4.69) is 12.2 Å². The van der Waals surface area contributed by atoms with Gasteiger partial charge in [-0.3, -0.25) is 4.79 Å². The Morgan fingerprint density at radius 1 is 1.21 bits per heavy atom. The van der Waals surface area contributed by atoms with Crippen molar-refractivity contribution >= 4 is 12.2 Å². The van der Waals surface area contributed by atoms with Crippen molar-refractivity contribution in [2.45, 2.75) is 45.1 Å². The second kappa shape index (κ2) is 7.72. The maximum absolute atomic E-state index is 14.4. The molecular formula is C22H28FNO4. The molecule has 3 fully saturated rings. The van der Waals surface area contributed by atoms with Crippen LogP contribution in [0.25, 0.3) is 0 Å². The molecule has 0 aromatic heterocycles. The number of aldehydes is 1. The molecule has 3 aliphatic rings. The van der Waals surface area contributed by atoms with Crippen LogP contribution in [-0.4, -0.2) is 32.0 Å². The van der Waals surface area contributed by atoms with E-state index in [4.69, 9.17) is 9.47 Å². The van der Waals surface area contributed by atoms with Crippen LogP contribution in [0, 0.1) is 35.4 Å². The third-order valence-corrected chi connectivity index (χ3v) is 6.88. The standard InChI is InChI=1S/C22H28FNO4/c1-12-5-13(6-12)11-28-20-8-16(19(27-2)9-18(20)23)22(26)24-21-15-4-3-14(7-15)17(21)10-25/h8-10,12-15,17,21H,3-7,11H2,1-2H3,(H,24,26)/t12-,13-,14-,15+,17-,21+/m0/s1. The smallest absolute Gasteiger partial charge is 0.255 e. The zero-order valence-corrected chi connectivity index (χ0v) is 16.4. The predicted octanol–water partition coefficient (Wildman–Crippen LogP) is 3.60. The highest BCUT2D eigenvalue weighted by atomic mass is 19.1. The Kier molecular flexibility index (Phi) is 5.30. The lowest BCUT2D eigenvalue weighted by Crippen LogP contribution is -2.44. The monoisotopic (exact) mass is 389 g/mol. The van der Waals surface area contributed by atoms with E-state index in [-0.39, 0.29) is 34.9 Å². The first kappa shape index (κ1) is 19.2. The fourth-order valence-corrected chi connectivity index (χ4v) is 5.38. The minimum absolute atomic E-state index is 0.0744. The number of amides is 1. The zero-order chi connectivity index (χ0) is 19.8. The van der Waals surface area contributed by atoms with E-state index in [1.165, 1.54) is 19.2 Å². The number of fused-ring (bicyclic) bond motifs is 2. The average Bonchev–Trinajstić information content (AvgIpc) is 3.26. The van der Waals surface area contributed by atoms with E-state index in [9.17, 15) is 14.0 Å². The number of carbonyl (C=O) groups excluding carboxylic acids is 2. The Bertz CT molecular complexity index is 761. The van der Waals surface area contributed by atoms with E-state index in [1.54, 1.807) is 0 Å². The van der Waals surface area contributed by atoms with E-state index in [0.29, 0.717) is 30.3 Å². The molecule has 4 atom stereocenters. The molecule has 1 N–H and O–H groups in total. The van der Waals surface area contributed by atoms with Crippen LogP contribution in [-0.2, 0) is 4.79 Å². The van der Waals surface area contributed by atoms with Gasteiger partial charge in [0.2, 0.25) is 0 Å². The Morgan fingerprint density at radius 2 is 1.96 bits per heavy atom. The number of ether oxygens (including phenoxy) is 2. The largest absolute Gasteiger partial charge is 0.496 e. The second-order valence-corrected chi connectivity index (χ2v) is 8.78. The zero-order valence-electron chi connectivity index (χ0n) is 16.4. The molecule has 28 heavy (non-hydrogen) atoms. The number of nitrogens with one attached hydrogen (secondary N) is 1. The number of carbonyl (C=O) groups is 2. The van der Waals surface area contributed by atoms with Crippen LogP contribution in [0.5, 0.6) is 11.5 Å². The molecule has 0 spiro atoms. The Hall–Kier alpha value is -2.11. The Labute approximate surface area is 165 Å². The molecule has 0 radical (unpaired) electrons. The number of hydrogen-bond donors (Lipinski definition) is 1. The molecule has 152 valence electrons. The van der Waals surface area contributed by atoms with Gasteiger partial charge in [0, 0.05) is 18.0 Å². The molecule has 0 saturated heterocycles. The van der Waals surface area contributed by atoms with Gasteiger partial charge in [0.05, 0.1) is 19.3 Å². The quantitative estimate of drug-likeness (QED) is 0.724. The number of benzene rings is 1. The van der Waals surface area contributed by atoms with Gasteiger partial charge in [-0.15, -0.1) is 0 Å². The van der Waals surface area contributed by atoms with Gasteiger partial charge in [0.1, 0.15) is 12.0 Å². The summed E-state index contributed by atoms with van der Waals surface area (Å²) in [6.07, 6.45) is 6.23. The predicted molar refractivity (Wildman–Crippen MR) is 102 cm³/mol. The topological polar surface area (TPSA) is 64.6 Å². The molecule has 5 nitrogen and oxygen atoms in total. The van der Waals surface area contributed by atoms with Gasteiger partial charge < -0.3 is 19.6 Å². The van der Waals surface area contributed by atoms with Crippen molar-refractivity contribution in [2.75, 3.05) is 13.7 Å². The lowest BCUT2D eigenvalue weighted by atomic mass is 9.77. The van der Waals surface area contributed by atoms with Crippen LogP contribution >= 0.6 is 0 Å². The normalized spacial score (nSPS) is 33.2. The lowest BCUT2D eigenvalue weighted by Gasteiger charge is -2.32. The summed E-state index contributed by atoms with van der Waals surface area (Å²) < 4.78 is 25.3. The summed E-state index contributed by atoms with van der Waals surface area (Å²) in [7, 11) is 1.41. The van der Waals surface area contributed by atoms with Gasteiger partial charge >= 0.3 is 0 Å². The molecule has 0 aliphatic heterocycles. The molecule has 2 bridgehead atoms. The highest BCUT2D eigenvalue weighted by molar-refractivity contribution is 5.97. The Balaban J connectivity index is 1.49. The van der Waals surface area contributed by atoms with Crippen molar-refractivity contribution in [2.24, 2.45) is 29.6 Å². The summed E-state index contributed by atoms with van der Waals surface area (Å²) in [5.41, 5.74) is 0.244. The molecular weight excluding hydrogens is 361 g/mol. The van der Waals surface area contributed by atoms with Crippen molar-refractivity contribution in [3.8, 4) is 11.5 Å². The first-order valence-electron chi connectivity index (χ1n) is 10.3. The highest BCUT2D eigenvalue weighted by Gasteiger charge is 2.48. The molecule has 3 saturated carbocycles. The Morgan fingerprint density at radius 3 is 2.64 bits per heavy atom. The third-order valence-electron chi connectivity index (χ3n) is 6.88. The van der Waals surface area contributed by atoms with Crippen LogP contribution < -0.4 is 14.8 Å². The van der Waals surface area contributed by atoms with Gasteiger partial charge in [-0.25, -0.2) is 4.39 Å². The fourth-order valence-electron chi connectivity index (χ4n) is 5.38. The number of methoxy groups -OCH3 is 1. The van der Waals surface area contributed by atoms with Gasteiger partial charge in [-0.05, 0) is 61.8 Å². The molecule has 4 rings (SSSR count). The highest BCUT2D eigenvalue weighted by Crippen LogP contribution is 2.47. The first-order valence-corrected chi connectivity index (χ1v) is 10.3. The van der Waals surface area contributed by atoms with Crippen LogP contribution in [0.1, 0.15) is 49.4 Å². The maximum atomic E-state index is 14.4. The average molecular weight is 389 g/mol. The van der Waals surface area contributed by atoms with Gasteiger partial charge in [-0.1, -0.05) is 6.92 Å². The number of hydrogen-bond acceptors (Lipinski definition) is 4. The van der Waals surface area contributed by atoms with Crippen molar-refractivity contribution in [3.63, 3.8) is 0 Å². The molecule has 1 aromatic carbocycles. The maximum Gasteiger partial charge on any atom is 0.255 e. The van der Waals surface area contributed by atoms with E-state index in [1.807, 2.05) is 0 Å². The van der Waals surface area contributed by atoms with E-state index < -0.39 is 5.82 Å². The van der Waals surface area contributed by atoms with Crippen LogP contribution in [0.3, 0.4) is 0 Å². The number of halogens is 1. The molecule has 0 unspecified atom stereocenters. The minimum Gasteiger partial charge on any atom is -0.496 e. The summed E-state index contributed by atoms with van der Waals surface area (Å²) in [5, 5.41) is 3.01. The van der Waals surface area contributed by atoms with E-state index in [0.717, 1.165) is 38.4 Å². The van der Waals surface area contributed by atoms with Gasteiger partial charge in [0.15, 0.2) is 11.6 Å². The van der Waals surface area contributed by atoms with Gasteiger partial charge in [-0.2, -0.15) is 0 Å². The minimum atomic E-state index is -0.536. The van der Waals surface area contributed by atoms with Crippen molar-refractivity contribution in [3.05, 3.63) is 23.5 Å². The van der Waals surface area contributed by atoms with Crippen LogP contribution in [0.4, 0.5) is 4.39 Å². The summed E-state index contributed by atoms with van der Waals surface area (Å²) in [5.74, 6) is 1.08. The van der Waals surface area contributed by atoms with Crippen LogP contribution in [0.2, 0.25) is 0 Å². The van der Waals surface area contributed by atoms with Crippen molar-refractivity contribution < 1.29 is 23.5 Å². The first-order chi connectivity index (χ1) is 13.5. The molecule has 0 heterocycles. The number of rotatable bonds is 7. The van der Waals surface area contributed by atoms with Gasteiger partial charge in [0.25, 0.3) is 5.91 Å². The second-order valence-electron chi connectivity index (χ2n) is 8.78. The molecule has 1 aromatic rings. The molecule has 1 amide bonds. The van der Waals surface area contributed by atoms with Crippen LogP contribution in [0.15, 0.2) is 12.1 Å². The summed E-state index contributed by atoms with van der Waals surface area (Å²) in [6, 6.07) is 2.47. The third kappa shape index (κ3) is 3.49. The summed E-state index contributed by atoms with van der Waals surface area (Å²) >= 11 is 0. The van der Waals surface area contributed by atoms with Crippen molar-refractivity contribution in [1.82, 2.24) is 5.32 Å². The summed E-state index contributed by atoms with van der Waals surface area (Å²) in [4.78, 5) is 24.5. The summed E-state index contributed by atoms with van der Waals surface area (Å²) in [6.45, 7) is 2.64. The molecule has 6 heteroatoms. The lowest BCUT2D eigenvalue weighted by molar-refractivity contribution is -0.113. The van der Waals surface area contributed by atoms with Crippen molar-refractivity contribution in [1.29, 1.82) is 0 Å². The molecule has 3 aliphatic carbocycles. The van der Waals surface area contributed by atoms with E-state index >= 15 is 0 Å². The fraction of sp³-hybridized carbons (Fsp3) is 0.636.